The zero-order valence-corrected chi connectivity index (χ0v) is 10.3. The molecule has 0 amide bonds. The number of rotatable bonds is 1. The number of piperidine rings is 1. The van der Waals surface area contributed by atoms with Crippen molar-refractivity contribution in [2.24, 2.45) is 5.92 Å². The van der Waals surface area contributed by atoms with Gasteiger partial charge in [-0.3, -0.25) is 0 Å². The van der Waals surface area contributed by atoms with E-state index >= 15 is 0 Å². The van der Waals surface area contributed by atoms with Gasteiger partial charge in [0.1, 0.15) is 0 Å². The number of benzene rings is 1. The minimum atomic E-state index is 0.402. The Kier molecular flexibility index (Phi) is 2.86. The molecule has 2 aliphatic rings. The normalized spacial score (nSPS) is 28.1. The highest BCUT2D eigenvalue weighted by Crippen LogP contribution is 2.36. The van der Waals surface area contributed by atoms with Crippen molar-refractivity contribution < 1.29 is 0 Å². The molecule has 1 saturated heterocycles. The van der Waals surface area contributed by atoms with Crippen molar-refractivity contribution in [3.05, 3.63) is 59.2 Å². The van der Waals surface area contributed by atoms with E-state index in [2.05, 4.69) is 54.7 Å². The molecule has 1 aliphatic carbocycles. The van der Waals surface area contributed by atoms with Crippen LogP contribution in [0.4, 0.5) is 0 Å². The molecule has 0 saturated carbocycles. The van der Waals surface area contributed by atoms with E-state index in [1.165, 1.54) is 24.0 Å². The number of hydrogen-bond donors (Lipinski definition) is 1. The summed E-state index contributed by atoms with van der Waals surface area (Å²) in [5, 5.41) is 3.65. The van der Waals surface area contributed by atoms with E-state index in [1.807, 2.05) is 0 Å². The Balaban J connectivity index is 1.97. The van der Waals surface area contributed by atoms with Crippen LogP contribution in [0.1, 0.15) is 31.4 Å². The molecule has 0 aromatic heterocycles. The van der Waals surface area contributed by atoms with E-state index in [-0.39, 0.29) is 0 Å². The molecule has 1 unspecified atom stereocenters. The van der Waals surface area contributed by atoms with Gasteiger partial charge >= 0.3 is 0 Å². The summed E-state index contributed by atoms with van der Waals surface area (Å²) in [6.45, 7) is 3.40. The lowest BCUT2D eigenvalue weighted by Crippen LogP contribution is -2.31. The Hall–Kier alpha value is -1.34. The Morgan fingerprint density at radius 2 is 2.00 bits per heavy atom. The number of hydrogen-bond acceptors (Lipinski definition) is 1. The van der Waals surface area contributed by atoms with Gasteiger partial charge in [0, 0.05) is 6.54 Å². The van der Waals surface area contributed by atoms with Crippen LogP contribution in [0, 0.1) is 5.92 Å². The second-order valence-corrected chi connectivity index (χ2v) is 5.11. The third kappa shape index (κ3) is 2.07. The van der Waals surface area contributed by atoms with Crippen LogP contribution in [-0.2, 0) is 0 Å². The first-order valence-corrected chi connectivity index (χ1v) is 6.54. The number of nitrogens with one attached hydrogen (secondary N) is 1. The molecule has 0 radical (unpaired) electrons. The van der Waals surface area contributed by atoms with Crippen molar-refractivity contribution in [1.82, 2.24) is 5.32 Å². The molecule has 17 heavy (non-hydrogen) atoms. The lowest BCUT2D eigenvalue weighted by Gasteiger charge is -2.33. The van der Waals surface area contributed by atoms with Crippen LogP contribution >= 0.6 is 0 Å². The van der Waals surface area contributed by atoms with Gasteiger partial charge in [0.2, 0.25) is 0 Å². The van der Waals surface area contributed by atoms with Crippen molar-refractivity contribution >= 4 is 0 Å². The van der Waals surface area contributed by atoms with Crippen LogP contribution in [0.2, 0.25) is 0 Å². The summed E-state index contributed by atoms with van der Waals surface area (Å²) in [5.41, 5.74) is 4.47. The fourth-order valence-corrected chi connectivity index (χ4v) is 2.86. The summed E-state index contributed by atoms with van der Waals surface area (Å²) in [5.74, 6) is 0.680. The predicted molar refractivity (Wildman–Crippen MR) is 71.7 cm³/mol. The summed E-state index contributed by atoms with van der Waals surface area (Å²) in [6.07, 6.45) is 7.29. The Morgan fingerprint density at radius 1 is 1.18 bits per heavy atom. The first-order valence-electron chi connectivity index (χ1n) is 6.54. The maximum absolute atomic E-state index is 3.65. The quantitative estimate of drug-likeness (QED) is 0.770. The van der Waals surface area contributed by atoms with E-state index in [1.54, 1.807) is 5.57 Å². The Bertz CT molecular complexity index is 456. The second-order valence-electron chi connectivity index (χ2n) is 5.11. The standard InChI is InChI=1S/C16H19N/c1-12-7-8-13-9-10-17-16(15(13)11-12)14-5-3-2-4-6-14/h2-6,8,11-12,16-17H,7,9-10H2,1H3/t12?,16-/m0/s1. The van der Waals surface area contributed by atoms with Gasteiger partial charge in [0.15, 0.2) is 0 Å². The largest absolute Gasteiger partial charge is 0.306 e. The lowest BCUT2D eigenvalue weighted by atomic mass is 9.81. The number of fused-ring (bicyclic) bond motifs is 1. The van der Waals surface area contributed by atoms with Crippen molar-refractivity contribution in [2.75, 3.05) is 6.54 Å². The van der Waals surface area contributed by atoms with E-state index in [0.717, 1.165) is 6.54 Å². The second kappa shape index (κ2) is 4.50. The summed E-state index contributed by atoms with van der Waals surface area (Å²) in [6, 6.07) is 11.2. The molecule has 2 atom stereocenters. The van der Waals surface area contributed by atoms with E-state index in [9.17, 15) is 0 Å². The average molecular weight is 225 g/mol. The zero-order valence-electron chi connectivity index (χ0n) is 10.3. The molecule has 88 valence electrons. The van der Waals surface area contributed by atoms with Gasteiger partial charge < -0.3 is 5.32 Å². The smallest absolute Gasteiger partial charge is 0.0576 e. The van der Waals surface area contributed by atoms with Crippen LogP contribution in [0.15, 0.2) is 53.6 Å². The minimum Gasteiger partial charge on any atom is -0.306 e. The molecule has 1 fully saturated rings. The van der Waals surface area contributed by atoms with Gasteiger partial charge in [-0.25, -0.2) is 0 Å². The summed E-state index contributed by atoms with van der Waals surface area (Å²) in [4.78, 5) is 0. The van der Waals surface area contributed by atoms with Gasteiger partial charge in [0.25, 0.3) is 0 Å². The summed E-state index contributed by atoms with van der Waals surface area (Å²) >= 11 is 0. The fraction of sp³-hybridized carbons (Fsp3) is 0.375. The maximum Gasteiger partial charge on any atom is 0.0576 e. The molecule has 0 spiro atoms. The van der Waals surface area contributed by atoms with Crippen molar-refractivity contribution in [3.8, 4) is 0 Å². The summed E-state index contributed by atoms with van der Waals surface area (Å²) < 4.78 is 0. The lowest BCUT2D eigenvalue weighted by molar-refractivity contribution is 0.539. The van der Waals surface area contributed by atoms with Crippen molar-refractivity contribution in [1.29, 1.82) is 0 Å². The van der Waals surface area contributed by atoms with Gasteiger partial charge in [-0.1, -0.05) is 49.4 Å². The molecule has 1 heterocycles. The minimum absolute atomic E-state index is 0.402. The maximum atomic E-state index is 3.65. The van der Waals surface area contributed by atoms with E-state index in [4.69, 9.17) is 0 Å². The molecule has 1 aliphatic heterocycles. The highest BCUT2D eigenvalue weighted by molar-refractivity contribution is 5.44. The molecule has 1 aromatic carbocycles. The molecule has 0 bridgehead atoms. The molecule has 1 N–H and O–H groups in total. The molecule has 3 rings (SSSR count). The average Bonchev–Trinajstić information content (AvgIpc) is 2.39. The monoisotopic (exact) mass is 225 g/mol. The fourth-order valence-electron chi connectivity index (χ4n) is 2.86. The van der Waals surface area contributed by atoms with Crippen molar-refractivity contribution in [3.63, 3.8) is 0 Å². The molecular formula is C16H19N. The van der Waals surface area contributed by atoms with Gasteiger partial charge in [-0.2, -0.15) is 0 Å². The van der Waals surface area contributed by atoms with Crippen LogP contribution in [-0.4, -0.2) is 6.54 Å². The zero-order chi connectivity index (χ0) is 11.7. The van der Waals surface area contributed by atoms with Crippen LogP contribution in [0.3, 0.4) is 0 Å². The SMILES string of the molecule is CC1C=C2C(=CC1)CCN[C@H]2c1ccccc1. The molecule has 1 heteroatoms. The Labute approximate surface area is 103 Å². The number of allylic oxidation sites excluding steroid dienone is 2. The van der Waals surface area contributed by atoms with Crippen LogP contribution in [0.25, 0.3) is 0 Å². The highest BCUT2D eigenvalue weighted by atomic mass is 14.9. The van der Waals surface area contributed by atoms with Crippen LogP contribution in [0.5, 0.6) is 0 Å². The van der Waals surface area contributed by atoms with Gasteiger partial charge in [-0.15, -0.1) is 0 Å². The third-order valence-electron chi connectivity index (χ3n) is 3.76. The van der Waals surface area contributed by atoms with E-state index < -0.39 is 0 Å². The van der Waals surface area contributed by atoms with Crippen molar-refractivity contribution in [2.45, 2.75) is 25.8 Å². The molecule has 1 aromatic rings. The first-order chi connectivity index (χ1) is 8.34. The first kappa shape index (κ1) is 10.8. The third-order valence-corrected chi connectivity index (χ3v) is 3.76. The molecular weight excluding hydrogens is 206 g/mol. The Morgan fingerprint density at radius 3 is 2.82 bits per heavy atom. The van der Waals surface area contributed by atoms with E-state index in [0.29, 0.717) is 12.0 Å². The summed E-state index contributed by atoms with van der Waals surface area (Å²) in [7, 11) is 0. The van der Waals surface area contributed by atoms with Crippen LogP contribution < -0.4 is 5.32 Å². The molecule has 1 nitrogen and oxygen atoms in total. The topological polar surface area (TPSA) is 12.0 Å². The van der Waals surface area contributed by atoms with Gasteiger partial charge in [-0.05, 0) is 35.5 Å². The predicted octanol–water partition coefficient (Wildman–Crippen LogP) is 3.61. The van der Waals surface area contributed by atoms with Gasteiger partial charge in [0.05, 0.1) is 6.04 Å². The highest BCUT2D eigenvalue weighted by Gasteiger charge is 2.25.